The van der Waals surface area contributed by atoms with Gasteiger partial charge in [-0.15, -0.1) is 0 Å². The van der Waals surface area contributed by atoms with Crippen molar-refractivity contribution in [3.05, 3.63) is 29.8 Å². The fraction of sp³-hybridized carbons (Fsp3) is 0.588. The Labute approximate surface area is 121 Å². The maximum atomic E-state index is 11.8. The van der Waals surface area contributed by atoms with Crippen LogP contribution in [0, 0.1) is 5.92 Å². The van der Waals surface area contributed by atoms with Crippen molar-refractivity contribution in [2.24, 2.45) is 5.92 Å². The van der Waals surface area contributed by atoms with Gasteiger partial charge in [-0.2, -0.15) is 0 Å². The quantitative estimate of drug-likeness (QED) is 0.775. The van der Waals surface area contributed by atoms with E-state index in [4.69, 9.17) is 4.74 Å². The van der Waals surface area contributed by atoms with Crippen LogP contribution in [-0.4, -0.2) is 19.1 Å². The summed E-state index contributed by atoms with van der Waals surface area (Å²) in [5.41, 5.74) is 1.29. The van der Waals surface area contributed by atoms with Crippen LogP contribution in [0.4, 0.5) is 0 Å². The Morgan fingerprint density at radius 1 is 1.25 bits per heavy atom. The highest BCUT2D eigenvalue weighted by atomic mass is 16.5. The molecule has 20 heavy (non-hydrogen) atoms. The summed E-state index contributed by atoms with van der Waals surface area (Å²) in [5.74, 6) is 1.46. The molecule has 1 aromatic carbocycles. The SMILES string of the molecule is CCOc1ccc(CCCNC(=O)C2CCCC2)cc1. The summed E-state index contributed by atoms with van der Waals surface area (Å²) in [6.07, 6.45) is 6.56. The predicted octanol–water partition coefficient (Wildman–Crippen LogP) is 3.32. The number of rotatable bonds is 7. The number of hydrogen-bond donors (Lipinski definition) is 1. The fourth-order valence-electron chi connectivity index (χ4n) is 2.76. The number of nitrogens with one attached hydrogen (secondary N) is 1. The smallest absolute Gasteiger partial charge is 0.223 e. The summed E-state index contributed by atoms with van der Waals surface area (Å²) in [7, 11) is 0. The molecular weight excluding hydrogens is 250 g/mol. The highest BCUT2D eigenvalue weighted by Gasteiger charge is 2.21. The van der Waals surface area contributed by atoms with Crippen LogP contribution in [0.15, 0.2) is 24.3 Å². The van der Waals surface area contributed by atoms with E-state index in [1.807, 2.05) is 19.1 Å². The Balaban J connectivity index is 1.63. The molecule has 1 amide bonds. The zero-order valence-corrected chi connectivity index (χ0v) is 12.4. The molecule has 0 unspecified atom stereocenters. The van der Waals surface area contributed by atoms with Gasteiger partial charge in [-0.05, 0) is 50.3 Å². The third-order valence-corrected chi connectivity index (χ3v) is 3.90. The largest absolute Gasteiger partial charge is 0.494 e. The van der Waals surface area contributed by atoms with E-state index in [1.165, 1.54) is 18.4 Å². The van der Waals surface area contributed by atoms with Crippen molar-refractivity contribution in [3.8, 4) is 5.75 Å². The van der Waals surface area contributed by atoms with Gasteiger partial charge < -0.3 is 10.1 Å². The van der Waals surface area contributed by atoms with Gasteiger partial charge in [0.25, 0.3) is 0 Å². The third-order valence-electron chi connectivity index (χ3n) is 3.90. The van der Waals surface area contributed by atoms with Gasteiger partial charge in [0, 0.05) is 12.5 Å². The molecule has 2 rings (SSSR count). The summed E-state index contributed by atoms with van der Waals surface area (Å²) in [5, 5.41) is 3.06. The van der Waals surface area contributed by atoms with Gasteiger partial charge in [-0.3, -0.25) is 4.79 Å². The number of aryl methyl sites for hydroxylation is 1. The number of carbonyl (C=O) groups is 1. The minimum absolute atomic E-state index is 0.259. The Morgan fingerprint density at radius 2 is 1.95 bits per heavy atom. The average Bonchev–Trinajstić information content (AvgIpc) is 3.00. The lowest BCUT2D eigenvalue weighted by Gasteiger charge is -2.10. The topological polar surface area (TPSA) is 38.3 Å². The van der Waals surface area contributed by atoms with E-state index in [0.717, 1.165) is 38.0 Å². The first-order valence-corrected chi connectivity index (χ1v) is 7.79. The van der Waals surface area contributed by atoms with E-state index in [2.05, 4.69) is 17.4 Å². The van der Waals surface area contributed by atoms with Crippen molar-refractivity contribution in [2.45, 2.75) is 45.4 Å². The van der Waals surface area contributed by atoms with E-state index >= 15 is 0 Å². The molecule has 0 aliphatic heterocycles. The molecule has 3 heteroatoms. The molecule has 0 radical (unpaired) electrons. The molecule has 1 aromatic rings. The van der Waals surface area contributed by atoms with E-state index in [-0.39, 0.29) is 11.8 Å². The summed E-state index contributed by atoms with van der Waals surface area (Å²) in [6.45, 7) is 3.47. The molecule has 0 heterocycles. The molecule has 0 saturated heterocycles. The van der Waals surface area contributed by atoms with E-state index in [0.29, 0.717) is 6.61 Å². The van der Waals surface area contributed by atoms with Crippen LogP contribution in [-0.2, 0) is 11.2 Å². The summed E-state index contributed by atoms with van der Waals surface area (Å²) >= 11 is 0. The van der Waals surface area contributed by atoms with Gasteiger partial charge in [0.05, 0.1) is 6.61 Å². The minimum Gasteiger partial charge on any atom is -0.494 e. The number of amides is 1. The number of benzene rings is 1. The molecular formula is C17H25NO2. The first kappa shape index (κ1) is 14.9. The van der Waals surface area contributed by atoms with E-state index in [1.54, 1.807) is 0 Å². The predicted molar refractivity (Wildman–Crippen MR) is 80.9 cm³/mol. The second-order valence-electron chi connectivity index (χ2n) is 5.45. The normalized spacial score (nSPS) is 15.2. The molecule has 1 aliphatic carbocycles. The second kappa shape index (κ2) is 7.93. The summed E-state index contributed by atoms with van der Waals surface area (Å²) in [4.78, 5) is 11.8. The first-order valence-electron chi connectivity index (χ1n) is 7.79. The number of ether oxygens (including phenoxy) is 1. The van der Waals surface area contributed by atoms with Gasteiger partial charge in [0.2, 0.25) is 5.91 Å². The Morgan fingerprint density at radius 3 is 2.60 bits per heavy atom. The van der Waals surface area contributed by atoms with Gasteiger partial charge in [-0.25, -0.2) is 0 Å². The molecule has 0 atom stereocenters. The number of hydrogen-bond acceptors (Lipinski definition) is 2. The first-order chi connectivity index (χ1) is 9.79. The zero-order valence-electron chi connectivity index (χ0n) is 12.4. The Bertz CT molecular complexity index is 408. The second-order valence-corrected chi connectivity index (χ2v) is 5.45. The molecule has 0 spiro atoms. The van der Waals surface area contributed by atoms with Gasteiger partial charge in [0.1, 0.15) is 5.75 Å². The third kappa shape index (κ3) is 4.55. The zero-order chi connectivity index (χ0) is 14.2. The molecule has 0 aromatic heterocycles. The minimum atomic E-state index is 0.259. The molecule has 1 aliphatic rings. The van der Waals surface area contributed by atoms with Crippen LogP contribution in [0.25, 0.3) is 0 Å². The van der Waals surface area contributed by atoms with Crippen LogP contribution >= 0.6 is 0 Å². The van der Waals surface area contributed by atoms with Crippen molar-refractivity contribution in [1.82, 2.24) is 5.32 Å². The maximum absolute atomic E-state index is 11.8. The summed E-state index contributed by atoms with van der Waals surface area (Å²) < 4.78 is 5.42. The standard InChI is InChI=1S/C17H25NO2/c1-2-20-16-11-9-14(10-12-16)6-5-13-18-17(19)15-7-3-4-8-15/h9-12,15H,2-8,13H2,1H3,(H,18,19). The summed E-state index contributed by atoms with van der Waals surface area (Å²) in [6, 6.07) is 8.22. The van der Waals surface area contributed by atoms with Crippen molar-refractivity contribution in [3.63, 3.8) is 0 Å². The van der Waals surface area contributed by atoms with E-state index < -0.39 is 0 Å². The number of carbonyl (C=O) groups excluding carboxylic acids is 1. The highest BCUT2D eigenvalue weighted by Crippen LogP contribution is 2.24. The molecule has 1 N–H and O–H groups in total. The lowest BCUT2D eigenvalue weighted by molar-refractivity contribution is -0.124. The van der Waals surface area contributed by atoms with Crippen LogP contribution in [0.1, 0.15) is 44.6 Å². The highest BCUT2D eigenvalue weighted by molar-refractivity contribution is 5.78. The van der Waals surface area contributed by atoms with Gasteiger partial charge in [-0.1, -0.05) is 25.0 Å². The average molecular weight is 275 g/mol. The lowest BCUT2D eigenvalue weighted by Crippen LogP contribution is -2.30. The van der Waals surface area contributed by atoms with Crippen molar-refractivity contribution < 1.29 is 9.53 Å². The molecule has 110 valence electrons. The van der Waals surface area contributed by atoms with Crippen molar-refractivity contribution in [2.75, 3.05) is 13.2 Å². The van der Waals surface area contributed by atoms with Crippen molar-refractivity contribution in [1.29, 1.82) is 0 Å². The molecule has 1 saturated carbocycles. The maximum Gasteiger partial charge on any atom is 0.223 e. The van der Waals surface area contributed by atoms with E-state index in [9.17, 15) is 4.79 Å². The molecule has 3 nitrogen and oxygen atoms in total. The van der Waals surface area contributed by atoms with Crippen LogP contribution in [0.2, 0.25) is 0 Å². The molecule has 0 bridgehead atoms. The van der Waals surface area contributed by atoms with Gasteiger partial charge in [0.15, 0.2) is 0 Å². The van der Waals surface area contributed by atoms with Crippen molar-refractivity contribution >= 4 is 5.91 Å². The molecule has 1 fully saturated rings. The fourth-order valence-corrected chi connectivity index (χ4v) is 2.76. The lowest BCUT2D eigenvalue weighted by atomic mass is 10.1. The van der Waals surface area contributed by atoms with Crippen LogP contribution in [0.5, 0.6) is 5.75 Å². The van der Waals surface area contributed by atoms with Crippen LogP contribution in [0.3, 0.4) is 0 Å². The Hall–Kier alpha value is -1.51. The van der Waals surface area contributed by atoms with Crippen LogP contribution < -0.4 is 10.1 Å². The van der Waals surface area contributed by atoms with Gasteiger partial charge >= 0.3 is 0 Å². The monoisotopic (exact) mass is 275 g/mol. The Kier molecular flexibility index (Phi) is 5.90.